The molecule has 1 atom stereocenters. The van der Waals surface area contributed by atoms with Crippen LogP contribution >= 0.6 is 27.5 Å². The largest absolute Gasteiger partial charge is 0.444 e. The van der Waals surface area contributed by atoms with E-state index in [1.54, 1.807) is 17.9 Å². The molecule has 9 heteroatoms. The van der Waals surface area contributed by atoms with Gasteiger partial charge in [0.25, 0.3) is 0 Å². The topological polar surface area (TPSA) is 71.5 Å². The van der Waals surface area contributed by atoms with Crippen molar-refractivity contribution in [2.24, 2.45) is 0 Å². The van der Waals surface area contributed by atoms with E-state index >= 15 is 0 Å². The van der Waals surface area contributed by atoms with Gasteiger partial charge in [-0.1, -0.05) is 25.4 Å². The number of aromatic nitrogens is 1. The fraction of sp³-hybridized carbons (Fsp3) is 0.500. The van der Waals surface area contributed by atoms with Gasteiger partial charge in [0.05, 0.1) is 15.7 Å². The Labute approximate surface area is 195 Å². The lowest BCUT2D eigenvalue weighted by Crippen LogP contribution is -2.36. The molecule has 1 aromatic carbocycles. The lowest BCUT2D eigenvalue weighted by molar-refractivity contribution is 0.0293. The van der Waals surface area contributed by atoms with Gasteiger partial charge in [-0.25, -0.2) is 14.2 Å². The highest BCUT2D eigenvalue weighted by Crippen LogP contribution is 2.36. The molecule has 1 N–H and O–H groups in total. The number of anilines is 1. The monoisotopic (exact) mass is 515 g/mol. The summed E-state index contributed by atoms with van der Waals surface area (Å²) in [4.78, 5) is 29.7. The van der Waals surface area contributed by atoms with E-state index in [4.69, 9.17) is 16.3 Å². The van der Waals surface area contributed by atoms with Crippen molar-refractivity contribution in [1.82, 2.24) is 9.88 Å². The number of fused-ring (bicyclic) bond motifs is 1. The highest BCUT2D eigenvalue weighted by molar-refractivity contribution is 9.10. The van der Waals surface area contributed by atoms with Gasteiger partial charge in [-0.15, -0.1) is 0 Å². The second-order valence-electron chi connectivity index (χ2n) is 8.08. The number of carbonyl (C=O) groups excluding carboxylic acids is 2. The van der Waals surface area contributed by atoms with E-state index in [2.05, 4.69) is 26.2 Å². The lowest BCUT2D eigenvalue weighted by atomic mass is 10.1. The van der Waals surface area contributed by atoms with Crippen molar-refractivity contribution < 1.29 is 18.7 Å². The Morgan fingerprint density at radius 1 is 1.42 bits per heavy atom. The third-order valence-electron chi connectivity index (χ3n) is 4.64. The number of nitrogens with one attached hydrogen (secondary N) is 1. The predicted molar refractivity (Wildman–Crippen MR) is 126 cm³/mol. The molecule has 0 bridgehead atoms. The number of amides is 1. The number of hydrogen-bond acceptors (Lipinski definition) is 5. The zero-order valence-electron chi connectivity index (χ0n) is 18.6. The standard InChI is InChI=1S/C20H22BrClFN3O3.C2H6/c1-10-7-12-16(13(9-27)18(22)25-17(12)15(23)14(10)21)24-11-5-6-26(8-11)19(28)29-20(2,3)4;1-2/h7,9,11H,5-6,8H2,1-4H3,(H,24,25);1-2H3. The van der Waals surface area contributed by atoms with Gasteiger partial charge in [0.2, 0.25) is 0 Å². The molecule has 2 heterocycles. The second kappa shape index (κ2) is 10.1. The summed E-state index contributed by atoms with van der Waals surface area (Å²) in [6.45, 7) is 12.1. The molecule has 0 saturated carbocycles. The summed E-state index contributed by atoms with van der Waals surface area (Å²) in [6.07, 6.45) is 0.866. The zero-order valence-corrected chi connectivity index (χ0v) is 20.9. The number of hydrogen-bond donors (Lipinski definition) is 1. The molecule has 3 rings (SSSR count). The highest BCUT2D eigenvalue weighted by atomic mass is 79.9. The number of likely N-dealkylation sites (tertiary alicyclic amines) is 1. The van der Waals surface area contributed by atoms with Crippen LogP contribution in [0.3, 0.4) is 0 Å². The number of benzene rings is 1. The van der Waals surface area contributed by atoms with Crippen LogP contribution < -0.4 is 5.32 Å². The molecule has 1 unspecified atom stereocenters. The Morgan fingerprint density at radius 3 is 2.65 bits per heavy atom. The first-order valence-electron chi connectivity index (χ1n) is 10.2. The molecule has 2 aromatic rings. The van der Waals surface area contributed by atoms with Gasteiger partial charge in [-0.3, -0.25) is 4.79 Å². The van der Waals surface area contributed by atoms with Crippen LogP contribution in [0.1, 0.15) is 57.0 Å². The van der Waals surface area contributed by atoms with Crippen molar-refractivity contribution in [3.63, 3.8) is 0 Å². The van der Waals surface area contributed by atoms with Crippen molar-refractivity contribution in [1.29, 1.82) is 0 Å². The van der Waals surface area contributed by atoms with Gasteiger partial charge < -0.3 is 15.0 Å². The van der Waals surface area contributed by atoms with E-state index in [9.17, 15) is 14.0 Å². The minimum Gasteiger partial charge on any atom is -0.444 e. The Hall–Kier alpha value is -1.93. The first-order chi connectivity index (χ1) is 14.5. The molecule has 0 aliphatic carbocycles. The Kier molecular flexibility index (Phi) is 8.27. The number of ether oxygens (including phenoxy) is 1. The normalized spacial score (nSPS) is 16.0. The van der Waals surface area contributed by atoms with Crippen LogP contribution in [-0.2, 0) is 4.74 Å². The molecule has 1 aliphatic rings. The van der Waals surface area contributed by atoms with Crippen LogP contribution in [-0.4, -0.2) is 47.0 Å². The van der Waals surface area contributed by atoms with E-state index in [1.165, 1.54) is 0 Å². The molecule has 1 fully saturated rings. The van der Waals surface area contributed by atoms with Crippen molar-refractivity contribution in [2.75, 3.05) is 18.4 Å². The van der Waals surface area contributed by atoms with E-state index in [-0.39, 0.29) is 28.4 Å². The average Bonchev–Trinajstić information content (AvgIpc) is 3.17. The Morgan fingerprint density at radius 2 is 2.06 bits per heavy atom. The molecule has 31 heavy (non-hydrogen) atoms. The van der Waals surface area contributed by atoms with E-state index in [1.807, 2.05) is 34.6 Å². The van der Waals surface area contributed by atoms with Gasteiger partial charge in [0.1, 0.15) is 16.3 Å². The number of aryl methyl sites for hydroxylation is 1. The summed E-state index contributed by atoms with van der Waals surface area (Å²) < 4.78 is 20.5. The SMILES string of the molecule is CC.Cc1cc2c(NC3CCN(C(=O)OC(C)(C)C)C3)c(C=O)c(Cl)nc2c(F)c1Br. The summed E-state index contributed by atoms with van der Waals surface area (Å²) in [6, 6.07) is 1.61. The maximum Gasteiger partial charge on any atom is 0.410 e. The fourth-order valence-corrected chi connectivity index (χ4v) is 3.81. The number of aldehydes is 1. The van der Waals surface area contributed by atoms with Crippen LogP contribution in [0.2, 0.25) is 5.15 Å². The summed E-state index contributed by atoms with van der Waals surface area (Å²) in [5, 5.41) is 3.66. The minimum absolute atomic E-state index is 0.0718. The van der Waals surface area contributed by atoms with E-state index in [0.717, 1.165) is 0 Å². The predicted octanol–water partition coefficient (Wildman–Crippen LogP) is 6.36. The quantitative estimate of drug-likeness (QED) is 0.380. The molecule has 1 aliphatic heterocycles. The third kappa shape index (κ3) is 5.66. The van der Waals surface area contributed by atoms with Gasteiger partial charge in [0, 0.05) is 24.5 Å². The molecule has 0 spiro atoms. The number of carbonyl (C=O) groups is 2. The van der Waals surface area contributed by atoms with E-state index < -0.39 is 11.4 Å². The van der Waals surface area contributed by atoms with Gasteiger partial charge in [-0.05, 0) is 61.7 Å². The van der Waals surface area contributed by atoms with Gasteiger partial charge in [0.15, 0.2) is 12.1 Å². The molecule has 6 nitrogen and oxygen atoms in total. The molecule has 170 valence electrons. The summed E-state index contributed by atoms with van der Waals surface area (Å²) in [7, 11) is 0. The molecule has 1 aromatic heterocycles. The first kappa shape index (κ1) is 25.3. The molecular weight excluding hydrogens is 489 g/mol. The average molecular weight is 517 g/mol. The summed E-state index contributed by atoms with van der Waals surface area (Å²) in [5.74, 6) is -0.538. The molecule has 0 radical (unpaired) electrons. The minimum atomic E-state index is -0.579. The highest BCUT2D eigenvalue weighted by Gasteiger charge is 2.31. The summed E-state index contributed by atoms with van der Waals surface area (Å²) in [5.41, 5.74) is 0.741. The Balaban J connectivity index is 0.00000166. The smallest absolute Gasteiger partial charge is 0.410 e. The number of pyridine rings is 1. The van der Waals surface area contributed by atoms with Crippen molar-refractivity contribution in [2.45, 2.75) is 59.6 Å². The van der Waals surface area contributed by atoms with Crippen molar-refractivity contribution in [3.8, 4) is 0 Å². The van der Waals surface area contributed by atoms with Crippen LogP contribution in [0, 0.1) is 12.7 Å². The zero-order chi connectivity index (χ0) is 23.5. The van der Waals surface area contributed by atoms with E-state index in [0.29, 0.717) is 46.9 Å². The Bertz CT molecular complexity index is 995. The lowest BCUT2D eigenvalue weighted by Gasteiger charge is -2.25. The maximum absolute atomic E-state index is 14.7. The van der Waals surface area contributed by atoms with Crippen LogP contribution in [0.4, 0.5) is 14.9 Å². The number of halogens is 3. The molecule has 1 saturated heterocycles. The maximum atomic E-state index is 14.7. The fourth-order valence-electron chi connectivity index (χ4n) is 3.29. The second-order valence-corrected chi connectivity index (χ2v) is 9.23. The van der Waals surface area contributed by atoms with Crippen LogP contribution in [0.15, 0.2) is 10.5 Å². The molecular formula is C22H28BrClFN3O3. The van der Waals surface area contributed by atoms with Crippen LogP contribution in [0.25, 0.3) is 10.9 Å². The number of nitrogens with zero attached hydrogens (tertiary/aromatic N) is 2. The third-order valence-corrected chi connectivity index (χ3v) is 5.90. The van der Waals surface area contributed by atoms with Gasteiger partial charge >= 0.3 is 6.09 Å². The summed E-state index contributed by atoms with van der Waals surface area (Å²) >= 11 is 9.38. The number of rotatable bonds is 3. The molecule has 1 amide bonds. The van der Waals surface area contributed by atoms with Crippen LogP contribution in [0.5, 0.6) is 0 Å². The van der Waals surface area contributed by atoms with Gasteiger partial charge in [-0.2, -0.15) is 0 Å². The first-order valence-corrected chi connectivity index (χ1v) is 11.4. The van der Waals surface area contributed by atoms with Crippen molar-refractivity contribution in [3.05, 3.63) is 32.6 Å². The van der Waals surface area contributed by atoms with Crippen molar-refractivity contribution >= 4 is 56.5 Å².